The summed E-state index contributed by atoms with van der Waals surface area (Å²) in [6, 6.07) is 6.59. The van der Waals surface area contributed by atoms with Gasteiger partial charge in [-0.3, -0.25) is 0 Å². The maximum Gasteiger partial charge on any atom is 0.138 e. The van der Waals surface area contributed by atoms with Crippen LogP contribution in [0, 0.1) is 19.8 Å². The minimum absolute atomic E-state index is 0.577. The standard InChI is InChI=1S/C18H21N3S/c1-11(2)8-19-17-16-15(9-22-18(16)21-10-20-17)14-6-5-12(3)7-13(14)4/h5-7,9-11H,8H2,1-4H3,(H,19,20,21). The van der Waals surface area contributed by atoms with Crippen molar-refractivity contribution in [2.45, 2.75) is 27.7 Å². The van der Waals surface area contributed by atoms with Gasteiger partial charge in [-0.15, -0.1) is 11.3 Å². The van der Waals surface area contributed by atoms with Gasteiger partial charge in [0, 0.05) is 17.5 Å². The van der Waals surface area contributed by atoms with Crippen LogP contribution in [0.25, 0.3) is 21.3 Å². The fourth-order valence-electron chi connectivity index (χ4n) is 2.62. The van der Waals surface area contributed by atoms with Gasteiger partial charge in [0.25, 0.3) is 0 Å². The van der Waals surface area contributed by atoms with Gasteiger partial charge in [0.2, 0.25) is 0 Å². The van der Waals surface area contributed by atoms with Crippen molar-refractivity contribution in [3.8, 4) is 11.1 Å². The lowest BCUT2D eigenvalue weighted by Crippen LogP contribution is -2.09. The van der Waals surface area contributed by atoms with Crippen LogP contribution in [0.4, 0.5) is 5.82 Å². The van der Waals surface area contributed by atoms with E-state index >= 15 is 0 Å². The van der Waals surface area contributed by atoms with E-state index in [9.17, 15) is 0 Å². The Hall–Kier alpha value is -1.94. The zero-order chi connectivity index (χ0) is 15.7. The lowest BCUT2D eigenvalue weighted by molar-refractivity contribution is 0.687. The van der Waals surface area contributed by atoms with Gasteiger partial charge in [0.1, 0.15) is 17.0 Å². The number of nitrogens with one attached hydrogen (secondary N) is 1. The van der Waals surface area contributed by atoms with Gasteiger partial charge in [-0.1, -0.05) is 37.6 Å². The molecule has 0 aliphatic rings. The number of hydrogen-bond donors (Lipinski definition) is 1. The topological polar surface area (TPSA) is 37.8 Å². The highest BCUT2D eigenvalue weighted by Crippen LogP contribution is 2.38. The van der Waals surface area contributed by atoms with E-state index in [0.29, 0.717) is 5.92 Å². The normalized spacial score (nSPS) is 11.3. The van der Waals surface area contributed by atoms with Gasteiger partial charge in [-0.25, -0.2) is 9.97 Å². The summed E-state index contributed by atoms with van der Waals surface area (Å²) in [6.45, 7) is 9.60. The molecule has 0 atom stereocenters. The van der Waals surface area contributed by atoms with Crippen molar-refractivity contribution in [1.29, 1.82) is 0 Å². The second-order valence-electron chi connectivity index (χ2n) is 6.14. The molecule has 0 saturated heterocycles. The quantitative estimate of drug-likeness (QED) is 0.733. The molecule has 1 aromatic carbocycles. The van der Waals surface area contributed by atoms with Crippen LogP contribution in [-0.2, 0) is 0 Å². The van der Waals surface area contributed by atoms with E-state index in [4.69, 9.17) is 0 Å². The third-order valence-electron chi connectivity index (χ3n) is 3.72. The molecule has 0 fully saturated rings. The average molecular weight is 311 g/mol. The van der Waals surface area contributed by atoms with Gasteiger partial charge in [0.05, 0.1) is 5.39 Å². The number of anilines is 1. The smallest absolute Gasteiger partial charge is 0.138 e. The summed E-state index contributed by atoms with van der Waals surface area (Å²) in [5, 5.41) is 6.80. The zero-order valence-corrected chi connectivity index (χ0v) is 14.3. The number of aryl methyl sites for hydroxylation is 2. The van der Waals surface area contributed by atoms with Crippen LogP contribution in [0.3, 0.4) is 0 Å². The highest BCUT2D eigenvalue weighted by molar-refractivity contribution is 7.17. The van der Waals surface area contributed by atoms with Gasteiger partial charge in [0.15, 0.2) is 0 Å². The number of aromatic nitrogens is 2. The van der Waals surface area contributed by atoms with Gasteiger partial charge in [-0.2, -0.15) is 0 Å². The van der Waals surface area contributed by atoms with E-state index in [1.165, 1.54) is 22.3 Å². The summed E-state index contributed by atoms with van der Waals surface area (Å²) >= 11 is 1.68. The molecule has 0 aliphatic heterocycles. The minimum atomic E-state index is 0.577. The third kappa shape index (κ3) is 2.83. The van der Waals surface area contributed by atoms with Crippen molar-refractivity contribution in [3.05, 3.63) is 41.0 Å². The average Bonchev–Trinajstić information content (AvgIpc) is 2.89. The molecule has 2 aromatic heterocycles. The van der Waals surface area contributed by atoms with Crippen LogP contribution in [0.15, 0.2) is 29.9 Å². The lowest BCUT2D eigenvalue weighted by atomic mass is 9.99. The molecular weight excluding hydrogens is 290 g/mol. The van der Waals surface area contributed by atoms with Gasteiger partial charge < -0.3 is 5.32 Å². The Labute approximate surface area is 135 Å². The van der Waals surface area contributed by atoms with Gasteiger partial charge >= 0.3 is 0 Å². The van der Waals surface area contributed by atoms with E-state index in [2.05, 4.69) is 66.6 Å². The Morgan fingerprint density at radius 3 is 2.68 bits per heavy atom. The molecule has 2 heterocycles. The molecular formula is C18H21N3S. The molecule has 0 radical (unpaired) electrons. The second kappa shape index (κ2) is 6.05. The van der Waals surface area contributed by atoms with Crippen molar-refractivity contribution in [3.63, 3.8) is 0 Å². The largest absolute Gasteiger partial charge is 0.369 e. The molecule has 3 nitrogen and oxygen atoms in total. The lowest BCUT2D eigenvalue weighted by Gasteiger charge is -2.11. The van der Waals surface area contributed by atoms with E-state index in [1.54, 1.807) is 17.7 Å². The fourth-order valence-corrected chi connectivity index (χ4v) is 3.53. The summed E-state index contributed by atoms with van der Waals surface area (Å²) in [5.41, 5.74) is 5.07. The Balaban J connectivity index is 2.14. The van der Waals surface area contributed by atoms with Crippen LogP contribution in [-0.4, -0.2) is 16.5 Å². The summed E-state index contributed by atoms with van der Waals surface area (Å²) < 4.78 is 0. The maximum absolute atomic E-state index is 4.47. The number of benzene rings is 1. The third-order valence-corrected chi connectivity index (χ3v) is 4.61. The molecule has 0 aliphatic carbocycles. The van der Waals surface area contributed by atoms with Crippen LogP contribution < -0.4 is 5.32 Å². The van der Waals surface area contributed by atoms with Crippen LogP contribution in [0.2, 0.25) is 0 Å². The van der Waals surface area contributed by atoms with E-state index in [1.807, 2.05) is 0 Å². The van der Waals surface area contributed by atoms with Crippen molar-refractivity contribution in [1.82, 2.24) is 9.97 Å². The van der Waals surface area contributed by atoms with Crippen molar-refractivity contribution >= 4 is 27.4 Å². The van der Waals surface area contributed by atoms with Crippen LogP contribution in [0.5, 0.6) is 0 Å². The molecule has 0 spiro atoms. The molecule has 3 rings (SSSR count). The number of thiophene rings is 1. The van der Waals surface area contributed by atoms with Crippen LogP contribution in [0.1, 0.15) is 25.0 Å². The van der Waals surface area contributed by atoms with Crippen molar-refractivity contribution in [2.24, 2.45) is 5.92 Å². The summed E-state index contributed by atoms with van der Waals surface area (Å²) in [7, 11) is 0. The summed E-state index contributed by atoms with van der Waals surface area (Å²) in [4.78, 5) is 9.94. The van der Waals surface area contributed by atoms with E-state index < -0.39 is 0 Å². The van der Waals surface area contributed by atoms with Gasteiger partial charge in [-0.05, 0) is 30.9 Å². The van der Waals surface area contributed by atoms with Crippen molar-refractivity contribution < 1.29 is 0 Å². The monoisotopic (exact) mass is 311 g/mol. The molecule has 0 amide bonds. The van der Waals surface area contributed by atoms with E-state index in [-0.39, 0.29) is 0 Å². The van der Waals surface area contributed by atoms with E-state index in [0.717, 1.165) is 22.6 Å². The van der Waals surface area contributed by atoms with Crippen LogP contribution >= 0.6 is 11.3 Å². The molecule has 0 saturated carbocycles. The first kappa shape index (κ1) is 15.0. The molecule has 22 heavy (non-hydrogen) atoms. The Bertz CT molecular complexity index is 805. The maximum atomic E-state index is 4.47. The predicted octanol–water partition coefficient (Wildman–Crippen LogP) is 5.04. The molecule has 114 valence electrons. The number of rotatable bonds is 4. The highest BCUT2D eigenvalue weighted by Gasteiger charge is 2.14. The number of fused-ring (bicyclic) bond motifs is 1. The summed E-state index contributed by atoms with van der Waals surface area (Å²) in [5.74, 6) is 1.52. The highest BCUT2D eigenvalue weighted by atomic mass is 32.1. The first-order chi connectivity index (χ1) is 10.6. The summed E-state index contributed by atoms with van der Waals surface area (Å²) in [6.07, 6.45) is 1.65. The molecule has 1 N–H and O–H groups in total. The number of hydrogen-bond acceptors (Lipinski definition) is 4. The first-order valence-electron chi connectivity index (χ1n) is 7.60. The molecule has 0 bridgehead atoms. The SMILES string of the molecule is Cc1ccc(-c2csc3ncnc(NCC(C)C)c23)c(C)c1. The Morgan fingerprint density at radius 1 is 1.14 bits per heavy atom. The van der Waals surface area contributed by atoms with Crippen molar-refractivity contribution in [2.75, 3.05) is 11.9 Å². The Morgan fingerprint density at radius 2 is 1.95 bits per heavy atom. The predicted molar refractivity (Wildman–Crippen MR) is 95.7 cm³/mol. The molecule has 3 aromatic rings. The first-order valence-corrected chi connectivity index (χ1v) is 8.48. The molecule has 4 heteroatoms. The Kier molecular flexibility index (Phi) is 4.12. The fraction of sp³-hybridized carbons (Fsp3) is 0.333. The zero-order valence-electron chi connectivity index (χ0n) is 13.5. The minimum Gasteiger partial charge on any atom is -0.369 e. The second-order valence-corrected chi connectivity index (χ2v) is 7.00. The molecule has 0 unspecified atom stereocenters. The number of nitrogens with zero attached hydrogens (tertiary/aromatic N) is 2.